The first-order valence-corrected chi connectivity index (χ1v) is 5.97. The van der Waals surface area contributed by atoms with E-state index in [4.69, 9.17) is 0 Å². The number of nitrogens with one attached hydrogen (secondary N) is 1. The highest BCUT2D eigenvalue weighted by atomic mass is 32.1. The van der Waals surface area contributed by atoms with E-state index >= 15 is 0 Å². The summed E-state index contributed by atoms with van der Waals surface area (Å²) >= 11 is 1.68. The van der Waals surface area contributed by atoms with Crippen LogP contribution in [0.4, 0.5) is 5.69 Å². The molecule has 0 unspecified atom stereocenters. The average molecular weight is 218 g/mol. The first-order chi connectivity index (χ1) is 7.40. The summed E-state index contributed by atoms with van der Waals surface area (Å²) in [7, 11) is 0. The predicted octanol–water partition coefficient (Wildman–Crippen LogP) is 3.32. The van der Waals surface area contributed by atoms with Crippen molar-refractivity contribution in [3.63, 3.8) is 0 Å². The summed E-state index contributed by atoms with van der Waals surface area (Å²) in [6.45, 7) is 3.04. The molecule has 1 N–H and O–H groups in total. The van der Waals surface area contributed by atoms with E-state index in [2.05, 4.69) is 41.5 Å². The van der Waals surface area contributed by atoms with Gasteiger partial charge in [-0.05, 0) is 18.1 Å². The van der Waals surface area contributed by atoms with Crippen LogP contribution in [0.2, 0.25) is 0 Å². The molecule has 78 valence electrons. The molecule has 0 atom stereocenters. The average Bonchev–Trinajstić information content (AvgIpc) is 2.79. The molecule has 2 aromatic rings. The second kappa shape index (κ2) is 4.94. The Morgan fingerprint density at radius 1 is 1.33 bits per heavy atom. The van der Waals surface area contributed by atoms with Crippen LogP contribution >= 0.6 is 11.3 Å². The van der Waals surface area contributed by atoms with Crippen molar-refractivity contribution >= 4 is 17.0 Å². The molecular weight excluding hydrogens is 204 g/mol. The highest BCUT2D eigenvalue weighted by Crippen LogP contribution is 2.17. The normalized spacial score (nSPS) is 10.2. The largest absolute Gasteiger partial charge is 0.380 e. The number of thiazole rings is 1. The zero-order chi connectivity index (χ0) is 10.5. The Kier molecular flexibility index (Phi) is 3.35. The molecule has 0 saturated heterocycles. The molecule has 0 radical (unpaired) electrons. The third-order valence-corrected chi connectivity index (χ3v) is 3.11. The molecule has 0 spiro atoms. The standard InChI is InChI=1S/C12H14N2S/c1-2-10-5-3-4-6-12(10)14-8-11-7-13-9-15-11/h3-7,9,14H,2,8H2,1H3. The molecule has 3 heteroatoms. The Balaban J connectivity index is 2.04. The van der Waals surface area contributed by atoms with Crippen LogP contribution in [0.15, 0.2) is 36.0 Å². The molecule has 0 saturated carbocycles. The molecule has 1 heterocycles. The number of para-hydroxylation sites is 1. The molecule has 1 aromatic carbocycles. The fraction of sp³-hybridized carbons (Fsp3) is 0.250. The van der Waals surface area contributed by atoms with Crippen LogP contribution in [-0.4, -0.2) is 4.98 Å². The minimum atomic E-state index is 0.863. The van der Waals surface area contributed by atoms with Crippen LogP contribution in [-0.2, 0) is 13.0 Å². The lowest BCUT2D eigenvalue weighted by atomic mass is 10.1. The van der Waals surface area contributed by atoms with Crippen molar-refractivity contribution < 1.29 is 0 Å². The molecule has 0 amide bonds. The summed E-state index contributed by atoms with van der Waals surface area (Å²) < 4.78 is 0. The summed E-state index contributed by atoms with van der Waals surface area (Å²) in [5.41, 5.74) is 4.46. The first-order valence-electron chi connectivity index (χ1n) is 5.09. The molecule has 0 aliphatic carbocycles. The van der Waals surface area contributed by atoms with Gasteiger partial charge in [0.1, 0.15) is 0 Å². The van der Waals surface area contributed by atoms with Crippen LogP contribution in [0.1, 0.15) is 17.4 Å². The number of hydrogen-bond acceptors (Lipinski definition) is 3. The SMILES string of the molecule is CCc1ccccc1NCc1cncs1. The Labute approximate surface area is 94.0 Å². The summed E-state index contributed by atoms with van der Waals surface area (Å²) in [6, 6.07) is 8.43. The second-order valence-electron chi connectivity index (χ2n) is 3.33. The highest BCUT2D eigenvalue weighted by molar-refractivity contribution is 7.09. The third kappa shape index (κ3) is 2.57. The van der Waals surface area contributed by atoms with E-state index in [1.54, 1.807) is 11.3 Å². The van der Waals surface area contributed by atoms with E-state index in [-0.39, 0.29) is 0 Å². The van der Waals surface area contributed by atoms with Crippen LogP contribution in [0.25, 0.3) is 0 Å². The van der Waals surface area contributed by atoms with E-state index in [1.165, 1.54) is 16.1 Å². The van der Waals surface area contributed by atoms with Gasteiger partial charge in [-0.25, -0.2) is 0 Å². The smallest absolute Gasteiger partial charge is 0.0794 e. The van der Waals surface area contributed by atoms with Gasteiger partial charge in [0, 0.05) is 16.8 Å². The Bertz CT molecular complexity index is 409. The van der Waals surface area contributed by atoms with E-state index in [0.29, 0.717) is 0 Å². The molecule has 2 nitrogen and oxygen atoms in total. The fourth-order valence-corrected chi connectivity index (χ4v) is 2.05. The molecule has 1 aromatic heterocycles. The van der Waals surface area contributed by atoms with E-state index in [0.717, 1.165) is 13.0 Å². The maximum absolute atomic E-state index is 4.06. The number of anilines is 1. The fourth-order valence-electron chi connectivity index (χ4n) is 1.51. The molecule has 2 rings (SSSR count). The minimum Gasteiger partial charge on any atom is -0.380 e. The molecule has 0 bridgehead atoms. The van der Waals surface area contributed by atoms with E-state index in [9.17, 15) is 0 Å². The van der Waals surface area contributed by atoms with Gasteiger partial charge in [0.2, 0.25) is 0 Å². The first kappa shape index (κ1) is 10.2. The van der Waals surface area contributed by atoms with Crippen LogP contribution < -0.4 is 5.32 Å². The van der Waals surface area contributed by atoms with Crippen molar-refractivity contribution in [3.05, 3.63) is 46.4 Å². The van der Waals surface area contributed by atoms with Gasteiger partial charge in [-0.2, -0.15) is 0 Å². The molecule has 0 aliphatic rings. The third-order valence-electron chi connectivity index (χ3n) is 2.33. The van der Waals surface area contributed by atoms with Gasteiger partial charge in [0.15, 0.2) is 0 Å². The lowest BCUT2D eigenvalue weighted by Crippen LogP contribution is -2.00. The maximum atomic E-state index is 4.06. The van der Waals surface area contributed by atoms with Gasteiger partial charge in [0.25, 0.3) is 0 Å². The quantitative estimate of drug-likeness (QED) is 0.851. The second-order valence-corrected chi connectivity index (χ2v) is 4.30. The monoisotopic (exact) mass is 218 g/mol. The summed E-state index contributed by atoms with van der Waals surface area (Å²) in [5.74, 6) is 0. The van der Waals surface area contributed by atoms with Crippen LogP contribution in [0.5, 0.6) is 0 Å². The number of aryl methyl sites for hydroxylation is 1. The minimum absolute atomic E-state index is 0.863. The van der Waals surface area contributed by atoms with Crippen LogP contribution in [0, 0.1) is 0 Å². The van der Waals surface area contributed by atoms with Gasteiger partial charge in [-0.15, -0.1) is 11.3 Å². The van der Waals surface area contributed by atoms with Crippen LogP contribution in [0.3, 0.4) is 0 Å². The zero-order valence-corrected chi connectivity index (χ0v) is 9.55. The number of aromatic nitrogens is 1. The highest BCUT2D eigenvalue weighted by Gasteiger charge is 1.99. The van der Waals surface area contributed by atoms with E-state index < -0.39 is 0 Å². The van der Waals surface area contributed by atoms with Gasteiger partial charge in [0.05, 0.1) is 12.1 Å². The summed E-state index contributed by atoms with van der Waals surface area (Å²) in [5, 5.41) is 3.44. The lowest BCUT2D eigenvalue weighted by Gasteiger charge is -2.09. The number of nitrogens with zero attached hydrogens (tertiary/aromatic N) is 1. The van der Waals surface area contributed by atoms with Crippen molar-refractivity contribution in [1.29, 1.82) is 0 Å². The van der Waals surface area contributed by atoms with Gasteiger partial charge >= 0.3 is 0 Å². The lowest BCUT2D eigenvalue weighted by molar-refractivity contribution is 1.10. The maximum Gasteiger partial charge on any atom is 0.0794 e. The van der Waals surface area contributed by atoms with Gasteiger partial charge in [-0.1, -0.05) is 25.1 Å². The van der Waals surface area contributed by atoms with Crippen molar-refractivity contribution in [2.24, 2.45) is 0 Å². The zero-order valence-electron chi connectivity index (χ0n) is 8.73. The number of rotatable bonds is 4. The Morgan fingerprint density at radius 2 is 2.20 bits per heavy atom. The molecule has 0 aliphatic heterocycles. The Hall–Kier alpha value is -1.35. The van der Waals surface area contributed by atoms with E-state index in [1.807, 2.05) is 11.7 Å². The van der Waals surface area contributed by atoms with Gasteiger partial charge in [-0.3, -0.25) is 4.98 Å². The van der Waals surface area contributed by atoms with Crippen molar-refractivity contribution in [1.82, 2.24) is 4.98 Å². The molecular formula is C12H14N2S. The summed E-state index contributed by atoms with van der Waals surface area (Å²) in [4.78, 5) is 5.32. The van der Waals surface area contributed by atoms with Gasteiger partial charge < -0.3 is 5.32 Å². The topological polar surface area (TPSA) is 24.9 Å². The Morgan fingerprint density at radius 3 is 2.93 bits per heavy atom. The number of benzene rings is 1. The van der Waals surface area contributed by atoms with Crippen molar-refractivity contribution in [2.45, 2.75) is 19.9 Å². The van der Waals surface area contributed by atoms with Crippen molar-refractivity contribution in [3.8, 4) is 0 Å². The molecule has 0 fully saturated rings. The van der Waals surface area contributed by atoms with Crippen molar-refractivity contribution in [2.75, 3.05) is 5.32 Å². The molecule has 15 heavy (non-hydrogen) atoms. The number of hydrogen-bond donors (Lipinski definition) is 1. The summed E-state index contributed by atoms with van der Waals surface area (Å²) in [6.07, 6.45) is 2.97. The predicted molar refractivity (Wildman–Crippen MR) is 65.3 cm³/mol.